The predicted octanol–water partition coefficient (Wildman–Crippen LogP) is 3.07. The van der Waals surface area contributed by atoms with E-state index >= 15 is 0 Å². The minimum Gasteiger partial charge on any atom is -0.394 e. The first-order chi connectivity index (χ1) is 8.08. The molecule has 17 heavy (non-hydrogen) atoms. The zero-order valence-corrected chi connectivity index (χ0v) is 10.4. The van der Waals surface area contributed by atoms with Gasteiger partial charge in [0.1, 0.15) is 0 Å². The van der Waals surface area contributed by atoms with Crippen LogP contribution in [0, 0.1) is 13.8 Å². The van der Waals surface area contributed by atoms with Crippen molar-refractivity contribution in [2.45, 2.75) is 13.8 Å². The first-order valence-corrected chi connectivity index (χ1v) is 5.57. The monoisotopic (exact) mass is 248 g/mol. The van der Waals surface area contributed by atoms with Crippen LogP contribution in [0.2, 0.25) is 5.28 Å². The number of rotatable bonds is 2. The number of anilines is 3. The Morgan fingerprint density at radius 1 is 1.29 bits per heavy atom. The quantitative estimate of drug-likeness (QED) is 0.802. The Balaban J connectivity index is 2.38. The highest BCUT2D eigenvalue weighted by Crippen LogP contribution is 2.25. The van der Waals surface area contributed by atoms with Crippen LogP contribution in [0.4, 0.5) is 17.2 Å². The first-order valence-electron chi connectivity index (χ1n) is 5.19. The number of nitrogens with two attached hydrogens (primary N) is 1. The van der Waals surface area contributed by atoms with Crippen molar-refractivity contribution in [3.63, 3.8) is 0 Å². The fraction of sp³-hybridized carbons (Fsp3) is 0.167. The van der Waals surface area contributed by atoms with E-state index in [2.05, 4.69) is 28.3 Å². The lowest BCUT2D eigenvalue weighted by atomic mass is 10.1. The minimum atomic E-state index is 0.173. The van der Waals surface area contributed by atoms with Crippen LogP contribution in [0.5, 0.6) is 0 Å². The summed E-state index contributed by atoms with van der Waals surface area (Å²) in [5.74, 6) is 0.527. The summed E-state index contributed by atoms with van der Waals surface area (Å²) in [6.45, 7) is 4.09. The van der Waals surface area contributed by atoms with Gasteiger partial charge in [-0.15, -0.1) is 0 Å². The smallest absolute Gasteiger partial charge is 0.224 e. The Kier molecular flexibility index (Phi) is 3.15. The molecule has 0 amide bonds. The summed E-state index contributed by atoms with van der Waals surface area (Å²) in [6, 6.07) is 6.00. The molecule has 0 spiro atoms. The molecule has 1 aromatic carbocycles. The molecule has 0 unspecified atom stereocenters. The van der Waals surface area contributed by atoms with Gasteiger partial charge in [-0.2, -0.15) is 4.98 Å². The summed E-state index contributed by atoms with van der Waals surface area (Å²) in [6.07, 6.45) is 1.49. The second-order valence-corrected chi connectivity index (χ2v) is 4.15. The predicted molar refractivity (Wildman–Crippen MR) is 70.7 cm³/mol. The van der Waals surface area contributed by atoms with E-state index in [0.29, 0.717) is 11.5 Å². The van der Waals surface area contributed by atoms with Gasteiger partial charge in [0.2, 0.25) is 5.28 Å². The summed E-state index contributed by atoms with van der Waals surface area (Å²) < 4.78 is 0. The molecular weight excluding hydrogens is 236 g/mol. The molecule has 0 saturated carbocycles. The molecule has 0 aliphatic rings. The largest absolute Gasteiger partial charge is 0.394 e. The lowest BCUT2D eigenvalue weighted by Crippen LogP contribution is -2.02. The third kappa shape index (κ3) is 2.47. The Hall–Kier alpha value is -1.81. The highest BCUT2D eigenvalue weighted by molar-refractivity contribution is 6.28. The van der Waals surface area contributed by atoms with Crippen molar-refractivity contribution in [2.75, 3.05) is 11.1 Å². The van der Waals surface area contributed by atoms with Crippen LogP contribution in [0.25, 0.3) is 0 Å². The molecule has 1 heterocycles. The minimum absolute atomic E-state index is 0.173. The molecule has 0 bridgehead atoms. The van der Waals surface area contributed by atoms with E-state index in [0.717, 1.165) is 11.3 Å². The van der Waals surface area contributed by atoms with E-state index in [1.54, 1.807) is 0 Å². The average molecular weight is 249 g/mol. The zero-order valence-electron chi connectivity index (χ0n) is 9.66. The van der Waals surface area contributed by atoms with Crippen LogP contribution in [0.3, 0.4) is 0 Å². The maximum Gasteiger partial charge on any atom is 0.224 e. The van der Waals surface area contributed by atoms with Crippen LogP contribution >= 0.6 is 11.6 Å². The van der Waals surface area contributed by atoms with Gasteiger partial charge in [-0.25, -0.2) is 4.98 Å². The van der Waals surface area contributed by atoms with Crippen molar-refractivity contribution >= 4 is 28.8 Å². The number of benzene rings is 1. The van der Waals surface area contributed by atoms with Crippen LogP contribution in [-0.4, -0.2) is 9.97 Å². The van der Waals surface area contributed by atoms with Crippen molar-refractivity contribution < 1.29 is 0 Å². The molecule has 2 aromatic rings. The molecule has 0 fully saturated rings. The van der Waals surface area contributed by atoms with Gasteiger partial charge in [0.25, 0.3) is 0 Å². The summed E-state index contributed by atoms with van der Waals surface area (Å²) >= 11 is 5.74. The number of aromatic nitrogens is 2. The lowest BCUT2D eigenvalue weighted by molar-refractivity contribution is 1.17. The maximum atomic E-state index is 5.78. The van der Waals surface area contributed by atoms with E-state index in [9.17, 15) is 0 Å². The van der Waals surface area contributed by atoms with E-state index in [-0.39, 0.29) is 5.28 Å². The second-order valence-electron chi connectivity index (χ2n) is 3.82. The molecule has 5 heteroatoms. The number of nitrogens with one attached hydrogen (secondary N) is 1. The lowest BCUT2D eigenvalue weighted by Gasteiger charge is -2.12. The molecule has 0 radical (unpaired) electrons. The molecule has 88 valence electrons. The normalized spacial score (nSPS) is 10.3. The van der Waals surface area contributed by atoms with Crippen LogP contribution in [0.1, 0.15) is 11.1 Å². The standard InChI is InChI=1S/C12H13ClN4/c1-7-4-3-5-10(8(7)2)16-11-9(14)6-15-12(13)17-11/h3-6H,14H2,1-2H3,(H,15,16,17). The first kappa shape index (κ1) is 11.7. The van der Waals surface area contributed by atoms with E-state index < -0.39 is 0 Å². The fourth-order valence-electron chi connectivity index (χ4n) is 1.48. The molecule has 1 aromatic heterocycles. The molecule has 3 N–H and O–H groups in total. The Bertz CT molecular complexity index is 554. The maximum absolute atomic E-state index is 5.78. The van der Waals surface area contributed by atoms with Gasteiger partial charge in [0, 0.05) is 5.69 Å². The number of halogens is 1. The number of nitrogens with zero attached hydrogens (tertiary/aromatic N) is 2. The van der Waals surface area contributed by atoms with Gasteiger partial charge < -0.3 is 11.1 Å². The molecule has 0 atom stereocenters. The van der Waals surface area contributed by atoms with Crippen molar-refractivity contribution in [1.29, 1.82) is 0 Å². The second kappa shape index (κ2) is 4.59. The highest BCUT2D eigenvalue weighted by atomic mass is 35.5. The third-order valence-electron chi connectivity index (χ3n) is 2.65. The Morgan fingerprint density at radius 2 is 2.06 bits per heavy atom. The van der Waals surface area contributed by atoms with Gasteiger partial charge in [-0.3, -0.25) is 0 Å². The van der Waals surface area contributed by atoms with E-state index in [1.165, 1.54) is 11.8 Å². The Morgan fingerprint density at radius 3 is 2.82 bits per heavy atom. The molecule has 4 nitrogen and oxygen atoms in total. The molecule has 0 saturated heterocycles. The number of nitrogen functional groups attached to an aromatic ring is 1. The van der Waals surface area contributed by atoms with Crippen LogP contribution in [0.15, 0.2) is 24.4 Å². The number of hydrogen-bond donors (Lipinski definition) is 2. The zero-order chi connectivity index (χ0) is 12.4. The number of aryl methyl sites for hydroxylation is 1. The van der Waals surface area contributed by atoms with Gasteiger partial charge in [0.15, 0.2) is 5.82 Å². The van der Waals surface area contributed by atoms with Crippen LogP contribution in [-0.2, 0) is 0 Å². The average Bonchev–Trinajstić information content (AvgIpc) is 2.30. The summed E-state index contributed by atoms with van der Waals surface area (Å²) in [5, 5.41) is 3.33. The van der Waals surface area contributed by atoms with Gasteiger partial charge in [-0.1, -0.05) is 12.1 Å². The van der Waals surface area contributed by atoms with Crippen molar-refractivity contribution in [3.8, 4) is 0 Å². The topological polar surface area (TPSA) is 63.8 Å². The van der Waals surface area contributed by atoms with Crippen molar-refractivity contribution in [2.24, 2.45) is 0 Å². The number of hydrogen-bond acceptors (Lipinski definition) is 4. The SMILES string of the molecule is Cc1cccc(Nc2nc(Cl)ncc2N)c1C. The molecular formula is C12H13ClN4. The van der Waals surface area contributed by atoms with E-state index in [1.807, 2.05) is 19.1 Å². The van der Waals surface area contributed by atoms with Crippen molar-refractivity contribution in [1.82, 2.24) is 9.97 Å². The van der Waals surface area contributed by atoms with E-state index in [4.69, 9.17) is 17.3 Å². The highest BCUT2D eigenvalue weighted by Gasteiger charge is 2.06. The molecule has 0 aliphatic heterocycles. The fourth-order valence-corrected chi connectivity index (χ4v) is 1.62. The van der Waals surface area contributed by atoms with Gasteiger partial charge >= 0.3 is 0 Å². The van der Waals surface area contributed by atoms with Crippen molar-refractivity contribution in [3.05, 3.63) is 40.8 Å². The third-order valence-corrected chi connectivity index (χ3v) is 2.83. The summed E-state index contributed by atoms with van der Waals surface area (Å²) in [4.78, 5) is 7.87. The summed E-state index contributed by atoms with van der Waals surface area (Å²) in [7, 11) is 0. The summed E-state index contributed by atoms with van der Waals surface area (Å²) in [5.41, 5.74) is 9.57. The van der Waals surface area contributed by atoms with Gasteiger partial charge in [-0.05, 0) is 42.6 Å². The molecule has 2 rings (SSSR count). The molecule has 0 aliphatic carbocycles. The Labute approximate surface area is 105 Å². The van der Waals surface area contributed by atoms with Gasteiger partial charge in [0.05, 0.1) is 11.9 Å². The van der Waals surface area contributed by atoms with Crippen LogP contribution < -0.4 is 11.1 Å².